The largest absolute Gasteiger partial charge is 0.308 e. The van der Waals surface area contributed by atoms with Crippen molar-refractivity contribution in [1.82, 2.24) is 4.57 Å². The third-order valence-electron chi connectivity index (χ3n) is 1.92. The average Bonchev–Trinajstić information content (AvgIpc) is 2.11. The average molecular weight is 189 g/mol. The molecule has 14 heavy (non-hydrogen) atoms. The number of aromatic nitrogens is 1. The lowest BCUT2D eigenvalue weighted by Gasteiger charge is -2.10. The third-order valence-corrected chi connectivity index (χ3v) is 1.92. The van der Waals surface area contributed by atoms with Crippen LogP contribution >= 0.6 is 0 Å². The van der Waals surface area contributed by atoms with E-state index in [-0.39, 0.29) is 5.56 Å². The van der Waals surface area contributed by atoms with Crippen molar-refractivity contribution in [2.45, 2.75) is 19.9 Å². The number of pyridine rings is 1. The van der Waals surface area contributed by atoms with Gasteiger partial charge in [-0.1, -0.05) is 24.3 Å². The Kier molecular flexibility index (Phi) is 3.46. The van der Waals surface area contributed by atoms with E-state index in [1.54, 1.807) is 22.8 Å². The van der Waals surface area contributed by atoms with Crippen LogP contribution in [0.3, 0.4) is 0 Å². The van der Waals surface area contributed by atoms with Gasteiger partial charge < -0.3 is 4.57 Å². The Hall–Kier alpha value is -1.57. The summed E-state index contributed by atoms with van der Waals surface area (Å²) in [6.07, 6.45) is 2.51. The van der Waals surface area contributed by atoms with Crippen LogP contribution < -0.4 is 5.56 Å². The maximum absolute atomic E-state index is 11.5. The lowest BCUT2D eigenvalue weighted by molar-refractivity contribution is 0.708. The third kappa shape index (κ3) is 2.46. The summed E-state index contributed by atoms with van der Waals surface area (Å²) in [4.78, 5) is 11.5. The Labute approximate surface area is 84.2 Å². The quantitative estimate of drug-likeness (QED) is 0.665. The van der Waals surface area contributed by atoms with E-state index in [9.17, 15) is 4.79 Å². The lowest BCUT2D eigenvalue weighted by Crippen LogP contribution is -2.22. The van der Waals surface area contributed by atoms with Crippen molar-refractivity contribution in [1.29, 1.82) is 0 Å². The second-order valence-electron chi connectivity index (χ2n) is 3.39. The number of nitrogens with zero attached hydrogens (tertiary/aromatic N) is 1. The van der Waals surface area contributed by atoms with Crippen LogP contribution in [0.15, 0.2) is 47.8 Å². The zero-order valence-corrected chi connectivity index (χ0v) is 8.49. The van der Waals surface area contributed by atoms with Gasteiger partial charge in [0.15, 0.2) is 0 Å². The number of allylic oxidation sites excluding steroid dienone is 2. The standard InChI is InChI=1S/C12H15NO/c1-4-6-11-7-5-8-12(14)13(11)9-10(2)3/h4-5,7-8H,1-2,6,9H2,3H3. The van der Waals surface area contributed by atoms with E-state index in [0.717, 1.165) is 11.3 Å². The normalized spacial score (nSPS) is 9.79. The molecule has 0 N–H and O–H groups in total. The van der Waals surface area contributed by atoms with E-state index in [4.69, 9.17) is 0 Å². The van der Waals surface area contributed by atoms with Crippen molar-refractivity contribution in [2.75, 3.05) is 0 Å². The van der Waals surface area contributed by atoms with Crippen LogP contribution in [0.25, 0.3) is 0 Å². The summed E-state index contributed by atoms with van der Waals surface area (Å²) in [5.41, 5.74) is 1.98. The summed E-state index contributed by atoms with van der Waals surface area (Å²) in [5, 5.41) is 0. The fourth-order valence-corrected chi connectivity index (χ4v) is 1.34. The van der Waals surface area contributed by atoms with Gasteiger partial charge in [-0.15, -0.1) is 6.58 Å². The van der Waals surface area contributed by atoms with Crippen molar-refractivity contribution in [3.8, 4) is 0 Å². The zero-order chi connectivity index (χ0) is 10.6. The molecule has 0 fully saturated rings. The van der Waals surface area contributed by atoms with E-state index in [1.807, 2.05) is 13.0 Å². The van der Waals surface area contributed by atoms with Crippen LogP contribution in [0.2, 0.25) is 0 Å². The second-order valence-corrected chi connectivity index (χ2v) is 3.39. The molecule has 74 valence electrons. The molecule has 0 aliphatic heterocycles. The molecule has 2 heteroatoms. The van der Waals surface area contributed by atoms with Crippen molar-refractivity contribution in [3.63, 3.8) is 0 Å². The molecule has 0 radical (unpaired) electrons. The SMILES string of the molecule is C=CCc1cccc(=O)n1CC(=C)C. The molecule has 1 aromatic rings. The van der Waals surface area contributed by atoms with Crippen LogP contribution in [-0.2, 0) is 13.0 Å². The molecule has 0 aliphatic carbocycles. The van der Waals surface area contributed by atoms with Crippen LogP contribution in [0, 0.1) is 0 Å². The molecule has 0 aliphatic rings. The fourth-order valence-electron chi connectivity index (χ4n) is 1.34. The van der Waals surface area contributed by atoms with Crippen molar-refractivity contribution in [3.05, 3.63) is 59.1 Å². The highest BCUT2D eigenvalue weighted by molar-refractivity contribution is 5.11. The van der Waals surface area contributed by atoms with E-state index < -0.39 is 0 Å². The van der Waals surface area contributed by atoms with E-state index >= 15 is 0 Å². The summed E-state index contributed by atoms with van der Waals surface area (Å²) in [7, 11) is 0. The monoisotopic (exact) mass is 189 g/mol. The molecule has 0 saturated carbocycles. The fraction of sp³-hybridized carbons (Fsp3) is 0.250. The Morgan fingerprint density at radius 2 is 2.29 bits per heavy atom. The molecule has 0 atom stereocenters. The highest BCUT2D eigenvalue weighted by Crippen LogP contribution is 2.01. The highest BCUT2D eigenvalue weighted by atomic mass is 16.1. The van der Waals surface area contributed by atoms with Crippen molar-refractivity contribution in [2.24, 2.45) is 0 Å². The van der Waals surface area contributed by atoms with Crippen LogP contribution in [-0.4, -0.2) is 4.57 Å². The van der Waals surface area contributed by atoms with Gasteiger partial charge in [-0.3, -0.25) is 4.79 Å². The topological polar surface area (TPSA) is 22.0 Å². The highest BCUT2D eigenvalue weighted by Gasteiger charge is 2.01. The van der Waals surface area contributed by atoms with Crippen LogP contribution in [0.5, 0.6) is 0 Å². The zero-order valence-electron chi connectivity index (χ0n) is 8.49. The maximum atomic E-state index is 11.5. The molecule has 0 amide bonds. The Bertz CT molecular complexity index is 401. The van der Waals surface area contributed by atoms with Crippen molar-refractivity contribution >= 4 is 0 Å². The van der Waals surface area contributed by atoms with Gasteiger partial charge in [0.05, 0.1) is 0 Å². The molecule has 2 nitrogen and oxygen atoms in total. The summed E-state index contributed by atoms with van der Waals surface area (Å²) < 4.78 is 1.73. The first-order valence-electron chi connectivity index (χ1n) is 4.59. The molecule has 0 saturated heterocycles. The Morgan fingerprint density at radius 1 is 1.57 bits per heavy atom. The number of hydrogen-bond acceptors (Lipinski definition) is 1. The molecule has 0 bridgehead atoms. The van der Waals surface area contributed by atoms with Gasteiger partial charge >= 0.3 is 0 Å². The first-order valence-corrected chi connectivity index (χ1v) is 4.59. The summed E-state index contributed by atoms with van der Waals surface area (Å²) in [5.74, 6) is 0. The van der Waals surface area contributed by atoms with Gasteiger partial charge in [0.25, 0.3) is 5.56 Å². The lowest BCUT2D eigenvalue weighted by atomic mass is 10.2. The summed E-state index contributed by atoms with van der Waals surface area (Å²) >= 11 is 0. The van der Waals surface area contributed by atoms with Gasteiger partial charge in [-0.25, -0.2) is 0 Å². The molecule has 1 rings (SSSR count). The Balaban J connectivity index is 3.14. The second kappa shape index (κ2) is 4.61. The van der Waals surface area contributed by atoms with Crippen LogP contribution in [0.1, 0.15) is 12.6 Å². The molecule has 1 heterocycles. The predicted octanol–water partition coefficient (Wildman–Crippen LogP) is 2.15. The van der Waals surface area contributed by atoms with Gasteiger partial charge in [-0.05, 0) is 13.0 Å². The minimum Gasteiger partial charge on any atom is -0.308 e. The first-order chi connectivity index (χ1) is 6.65. The van der Waals surface area contributed by atoms with Crippen LogP contribution in [0.4, 0.5) is 0 Å². The number of rotatable bonds is 4. The smallest absolute Gasteiger partial charge is 0.251 e. The van der Waals surface area contributed by atoms with E-state index in [1.165, 1.54) is 0 Å². The predicted molar refractivity (Wildman–Crippen MR) is 59.4 cm³/mol. The van der Waals surface area contributed by atoms with Crippen molar-refractivity contribution < 1.29 is 0 Å². The van der Waals surface area contributed by atoms with Gasteiger partial charge in [0, 0.05) is 24.7 Å². The molecular weight excluding hydrogens is 174 g/mol. The molecule has 0 spiro atoms. The van der Waals surface area contributed by atoms with Gasteiger partial charge in [0.1, 0.15) is 0 Å². The Morgan fingerprint density at radius 3 is 2.86 bits per heavy atom. The molecular formula is C12H15NO. The van der Waals surface area contributed by atoms with E-state index in [0.29, 0.717) is 13.0 Å². The van der Waals surface area contributed by atoms with E-state index in [2.05, 4.69) is 13.2 Å². The minimum atomic E-state index is 0.0207. The maximum Gasteiger partial charge on any atom is 0.251 e. The molecule has 1 aromatic heterocycles. The number of hydrogen-bond donors (Lipinski definition) is 0. The van der Waals surface area contributed by atoms with Gasteiger partial charge in [0.2, 0.25) is 0 Å². The molecule has 0 aromatic carbocycles. The van der Waals surface area contributed by atoms with Gasteiger partial charge in [-0.2, -0.15) is 0 Å². The minimum absolute atomic E-state index is 0.0207. The summed E-state index contributed by atoms with van der Waals surface area (Å²) in [6.45, 7) is 9.98. The summed E-state index contributed by atoms with van der Waals surface area (Å²) in [6, 6.07) is 5.28. The first kappa shape index (κ1) is 10.5. The molecule has 0 unspecified atom stereocenters.